The molecule has 1 aliphatic rings. The van der Waals surface area contributed by atoms with Crippen molar-refractivity contribution < 1.29 is 0 Å². The Kier molecular flexibility index (Phi) is 8.53. The molecule has 0 unspecified atom stereocenters. The lowest BCUT2D eigenvalue weighted by atomic mass is 9.82. The molecule has 0 fully saturated rings. The van der Waals surface area contributed by atoms with Gasteiger partial charge in [0.2, 0.25) is 0 Å². The molecular formula is C51H41N3. The highest BCUT2D eigenvalue weighted by Gasteiger charge is 2.35. The Morgan fingerprint density at radius 3 is 1.00 bits per heavy atom. The molecular weight excluding hydrogens is 655 g/mol. The number of nitrogens with zero attached hydrogens (tertiary/aromatic N) is 3. The Balaban J connectivity index is 1.24. The van der Waals surface area contributed by atoms with Crippen molar-refractivity contribution in [2.75, 3.05) is 14.7 Å². The summed E-state index contributed by atoms with van der Waals surface area (Å²) >= 11 is 0. The molecule has 9 rings (SSSR count). The lowest BCUT2D eigenvalue weighted by Gasteiger charge is -2.31. The summed E-state index contributed by atoms with van der Waals surface area (Å²) in [7, 11) is 0. The molecule has 3 heteroatoms. The second-order valence-electron chi connectivity index (χ2n) is 14.3. The third-order valence-electron chi connectivity index (χ3n) is 10.6. The van der Waals surface area contributed by atoms with Crippen molar-refractivity contribution in [1.29, 1.82) is 0 Å². The van der Waals surface area contributed by atoms with E-state index < -0.39 is 0 Å². The number of fused-ring (bicyclic) bond motifs is 3. The van der Waals surface area contributed by atoms with E-state index in [9.17, 15) is 0 Å². The van der Waals surface area contributed by atoms with Crippen LogP contribution in [0.3, 0.4) is 0 Å². The molecule has 0 radical (unpaired) electrons. The summed E-state index contributed by atoms with van der Waals surface area (Å²) in [6.07, 6.45) is 0. The number of benzene rings is 8. The predicted octanol–water partition coefficient (Wildman–Crippen LogP) is 14.4. The summed E-state index contributed by atoms with van der Waals surface area (Å²) in [5.74, 6) is 0. The maximum absolute atomic E-state index is 2.41. The fraction of sp³-hybridized carbons (Fsp3) is 0.0588. The fourth-order valence-corrected chi connectivity index (χ4v) is 8.04. The zero-order chi connectivity index (χ0) is 36.5. The van der Waals surface area contributed by atoms with Crippen LogP contribution in [0.5, 0.6) is 0 Å². The number of para-hydroxylation sites is 4. The van der Waals surface area contributed by atoms with Crippen molar-refractivity contribution in [3.63, 3.8) is 0 Å². The van der Waals surface area contributed by atoms with E-state index in [1.165, 1.54) is 22.3 Å². The second kappa shape index (κ2) is 13.9. The maximum atomic E-state index is 2.41. The van der Waals surface area contributed by atoms with E-state index in [2.05, 4.69) is 241 Å². The standard InChI is InChI=1S/C51H41N3/c1-51(2)49-32-16-15-31-47(49)48-37-46(33-34-50(48)51)54(44-29-17-27-42(35-44)52(38-19-7-3-8-20-38)39-21-9-4-10-22-39)45-30-18-28-43(36-45)53(40-23-11-5-12-24-40)41-25-13-6-14-26-41/h3-37H,1-2H3. The van der Waals surface area contributed by atoms with Gasteiger partial charge in [-0.2, -0.15) is 0 Å². The zero-order valence-corrected chi connectivity index (χ0v) is 30.5. The number of hydrogen-bond donors (Lipinski definition) is 0. The molecule has 0 N–H and O–H groups in total. The Bertz CT molecular complexity index is 2320. The van der Waals surface area contributed by atoms with Crippen LogP contribution in [0.2, 0.25) is 0 Å². The average Bonchev–Trinajstić information content (AvgIpc) is 3.46. The summed E-state index contributed by atoms with van der Waals surface area (Å²) in [6.45, 7) is 4.68. The molecule has 0 bridgehead atoms. The molecule has 0 heterocycles. The summed E-state index contributed by atoms with van der Waals surface area (Å²) < 4.78 is 0. The molecule has 8 aromatic carbocycles. The van der Waals surface area contributed by atoms with Crippen molar-refractivity contribution in [3.8, 4) is 11.1 Å². The molecule has 0 saturated heterocycles. The van der Waals surface area contributed by atoms with E-state index >= 15 is 0 Å². The van der Waals surface area contributed by atoms with Crippen LogP contribution >= 0.6 is 0 Å². The van der Waals surface area contributed by atoms with Crippen molar-refractivity contribution in [2.24, 2.45) is 0 Å². The first kappa shape index (κ1) is 33.0. The van der Waals surface area contributed by atoms with Gasteiger partial charge in [-0.05, 0) is 119 Å². The van der Waals surface area contributed by atoms with E-state index in [4.69, 9.17) is 0 Å². The van der Waals surface area contributed by atoms with Gasteiger partial charge in [-0.25, -0.2) is 0 Å². The van der Waals surface area contributed by atoms with Crippen LogP contribution in [0.25, 0.3) is 11.1 Å². The third kappa shape index (κ3) is 6.00. The number of hydrogen-bond acceptors (Lipinski definition) is 3. The monoisotopic (exact) mass is 695 g/mol. The molecule has 0 aliphatic heterocycles. The minimum absolute atomic E-state index is 0.0765. The first-order valence-electron chi connectivity index (χ1n) is 18.6. The van der Waals surface area contributed by atoms with Gasteiger partial charge < -0.3 is 14.7 Å². The summed E-state index contributed by atoms with van der Waals surface area (Å²) in [6, 6.07) is 76.1. The molecule has 0 saturated carbocycles. The van der Waals surface area contributed by atoms with Crippen molar-refractivity contribution in [1.82, 2.24) is 0 Å². The van der Waals surface area contributed by atoms with E-state index in [0.717, 1.165) is 51.2 Å². The topological polar surface area (TPSA) is 9.72 Å². The van der Waals surface area contributed by atoms with Gasteiger partial charge >= 0.3 is 0 Å². The molecule has 3 nitrogen and oxygen atoms in total. The Morgan fingerprint density at radius 1 is 0.259 bits per heavy atom. The molecule has 0 spiro atoms. The van der Waals surface area contributed by atoms with Gasteiger partial charge in [-0.1, -0.05) is 129 Å². The highest BCUT2D eigenvalue weighted by molar-refractivity contribution is 5.89. The number of anilines is 9. The first-order chi connectivity index (χ1) is 26.6. The van der Waals surface area contributed by atoms with Crippen LogP contribution in [0.15, 0.2) is 212 Å². The minimum atomic E-state index is -0.0765. The van der Waals surface area contributed by atoms with E-state index in [0.29, 0.717) is 0 Å². The molecule has 8 aromatic rings. The van der Waals surface area contributed by atoms with Gasteiger partial charge in [-0.15, -0.1) is 0 Å². The summed E-state index contributed by atoms with van der Waals surface area (Å²) in [5.41, 5.74) is 15.1. The van der Waals surface area contributed by atoms with Crippen LogP contribution < -0.4 is 14.7 Å². The van der Waals surface area contributed by atoms with Crippen LogP contribution in [0.1, 0.15) is 25.0 Å². The minimum Gasteiger partial charge on any atom is -0.310 e. The predicted molar refractivity (Wildman–Crippen MR) is 228 cm³/mol. The molecule has 1 aliphatic carbocycles. The van der Waals surface area contributed by atoms with Crippen LogP contribution in [0.4, 0.5) is 51.2 Å². The zero-order valence-electron chi connectivity index (χ0n) is 30.5. The molecule has 0 atom stereocenters. The molecule has 0 aromatic heterocycles. The Morgan fingerprint density at radius 2 is 0.574 bits per heavy atom. The summed E-state index contributed by atoms with van der Waals surface area (Å²) in [5, 5.41) is 0. The molecule has 260 valence electrons. The molecule has 54 heavy (non-hydrogen) atoms. The molecule has 0 amide bonds. The lowest BCUT2D eigenvalue weighted by molar-refractivity contribution is 0.660. The smallest absolute Gasteiger partial charge is 0.0482 e. The Hall–Kier alpha value is -6.84. The van der Waals surface area contributed by atoms with E-state index in [1.807, 2.05) is 0 Å². The quantitative estimate of drug-likeness (QED) is 0.149. The summed E-state index contributed by atoms with van der Waals surface area (Å²) in [4.78, 5) is 7.06. The van der Waals surface area contributed by atoms with Gasteiger partial charge in [0.15, 0.2) is 0 Å². The van der Waals surface area contributed by atoms with Crippen molar-refractivity contribution in [3.05, 3.63) is 223 Å². The van der Waals surface area contributed by atoms with Gasteiger partial charge in [0.05, 0.1) is 0 Å². The van der Waals surface area contributed by atoms with Crippen LogP contribution in [-0.4, -0.2) is 0 Å². The SMILES string of the molecule is CC1(C)c2ccccc2-c2cc(N(c3cccc(N(c4ccccc4)c4ccccc4)c3)c3cccc(N(c4ccccc4)c4ccccc4)c3)ccc21. The van der Waals surface area contributed by atoms with Gasteiger partial charge in [0, 0.05) is 56.6 Å². The number of rotatable bonds is 9. The maximum Gasteiger partial charge on any atom is 0.0482 e. The van der Waals surface area contributed by atoms with Crippen LogP contribution in [-0.2, 0) is 5.41 Å². The Labute approximate surface area is 318 Å². The lowest BCUT2D eigenvalue weighted by Crippen LogP contribution is -2.16. The highest BCUT2D eigenvalue weighted by atomic mass is 15.2. The fourth-order valence-electron chi connectivity index (χ4n) is 8.04. The van der Waals surface area contributed by atoms with Gasteiger partial charge in [-0.3, -0.25) is 0 Å². The van der Waals surface area contributed by atoms with Crippen molar-refractivity contribution in [2.45, 2.75) is 19.3 Å². The average molecular weight is 696 g/mol. The van der Waals surface area contributed by atoms with Crippen molar-refractivity contribution >= 4 is 51.2 Å². The van der Waals surface area contributed by atoms with Gasteiger partial charge in [0.25, 0.3) is 0 Å². The van der Waals surface area contributed by atoms with Crippen LogP contribution in [0, 0.1) is 0 Å². The highest BCUT2D eigenvalue weighted by Crippen LogP contribution is 2.51. The van der Waals surface area contributed by atoms with E-state index in [1.54, 1.807) is 0 Å². The van der Waals surface area contributed by atoms with E-state index in [-0.39, 0.29) is 5.41 Å². The second-order valence-corrected chi connectivity index (χ2v) is 14.3. The first-order valence-corrected chi connectivity index (χ1v) is 18.6. The normalized spacial score (nSPS) is 12.4. The third-order valence-corrected chi connectivity index (χ3v) is 10.6. The van der Waals surface area contributed by atoms with Gasteiger partial charge in [0.1, 0.15) is 0 Å². The largest absolute Gasteiger partial charge is 0.310 e.